The van der Waals surface area contributed by atoms with Gasteiger partial charge >= 0.3 is 0 Å². The van der Waals surface area contributed by atoms with Crippen molar-refractivity contribution < 1.29 is 0 Å². The maximum atomic E-state index is 6.11. The molecule has 0 saturated carbocycles. The van der Waals surface area contributed by atoms with Gasteiger partial charge in [0.05, 0.1) is 11.4 Å². The smallest absolute Gasteiger partial charge is 0.106 e. The lowest BCUT2D eigenvalue weighted by Crippen LogP contribution is -2.03. The van der Waals surface area contributed by atoms with Crippen LogP contribution in [-0.2, 0) is 6.54 Å². The van der Waals surface area contributed by atoms with Crippen molar-refractivity contribution in [3.63, 3.8) is 0 Å². The van der Waals surface area contributed by atoms with Crippen LogP contribution >= 0.6 is 39.1 Å². The number of rotatable bonds is 3. The van der Waals surface area contributed by atoms with Gasteiger partial charge in [-0.25, -0.2) is 4.98 Å². The van der Waals surface area contributed by atoms with Crippen LogP contribution in [0, 0.1) is 6.92 Å². The van der Waals surface area contributed by atoms with Crippen molar-refractivity contribution in [1.29, 1.82) is 0 Å². The van der Waals surface area contributed by atoms with E-state index in [4.69, 9.17) is 23.2 Å². The van der Waals surface area contributed by atoms with Gasteiger partial charge in [-0.2, -0.15) is 0 Å². The zero-order chi connectivity index (χ0) is 13.1. The fraction of sp³-hybridized carbons (Fsp3) is 0.154. The van der Waals surface area contributed by atoms with Gasteiger partial charge in [0, 0.05) is 22.2 Å². The Labute approximate surface area is 124 Å². The first-order chi connectivity index (χ1) is 8.58. The zero-order valence-corrected chi connectivity index (χ0v) is 12.8. The van der Waals surface area contributed by atoms with Crippen molar-refractivity contribution in [1.82, 2.24) is 4.98 Å². The number of nitrogens with zero attached hydrogens (tertiary/aromatic N) is 1. The highest BCUT2D eigenvalue weighted by Crippen LogP contribution is 2.25. The minimum absolute atomic E-state index is 0.572. The van der Waals surface area contributed by atoms with Crippen molar-refractivity contribution in [2.24, 2.45) is 0 Å². The van der Waals surface area contributed by atoms with E-state index in [-0.39, 0.29) is 0 Å². The second-order valence-electron chi connectivity index (χ2n) is 3.82. The first kappa shape index (κ1) is 13.7. The van der Waals surface area contributed by atoms with Crippen LogP contribution in [0.1, 0.15) is 11.3 Å². The lowest BCUT2D eigenvalue weighted by molar-refractivity contribution is 1.10. The van der Waals surface area contributed by atoms with Crippen molar-refractivity contribution in [2.75, 3.05) is 5.32 Å². The quantitative estimate of drug-likeness (QED) is 0.785. The number of halogens is 3. The molecule has 1 aromatic heterocycles. The van der Waals surface area contributed by atoms with E-state index in [1.165, 1.54) is 0 Å². The Morgan fingerprint density at radius 1 is 1.17 bits per heavy atom. The minimum atomic E-state index is 0.572. The normalized spacial score (nSPS) is 10.4. The highest BCUT2D eigenvalue weighted by atomic mass is 79.9. The monoisotopic (exact) mass is 344 g/mol. The summed E-state index contributed by atoms with van der Waals surface area (Å²) in [6, 6.07) is 9.36. The van der Waals surface area contributed by atoms with E-state index in [1.54, 1.807) is 0 Å². The largest absolute Gasteiger partial charge is 0.379 e. The molecule has 0 atom stereocenters. The summed E-state index contributed by atoms with van der Waals surface area (Å²) in [4.78, 5) is 4.32. The van der Waals surface area contributed by atoms with Crippen molar-refractivity contribution in [2.45, 2.75) is 13.5 Å². The van der Waals surface area contributed by atoms with Crippen molar-refractivity contribution in [3.05, 3.63) is 56.2 Å². The average molecular weight is 346 g/mol. The molecular weight excluding hydrogens is 335 g/mol. The molecule has 0 aliphatic carbocycles. The second kappa shape index (κ2) is 5.91. The molecule has 0 fully saturated rings. The molecule has 5 heteroatoms. The van der Waals surface area contributed by atoms with Crippen LogP contribution in [0.3, 0.4) is 0 Å². The predicted octanol–water partition coefficient (Wildman–Crippen LogP) is 5.07. The van der Waals surface area contributed by atoms with Gasteiger partial charge < -0.3 is 5.32 Å². The molecule has 0 aliphatic rings. The van der Waals surface area contributed by atoms with Gasteiger partial charge in [-0.3, -0.25) is 0 Å². The van der Waals surface area contributed by atoms with Crippen LogP contribution in [0.2, 0.25) is 10.0 Å². The summed E-state index contributed by atoms with van der Waals surface area (Å²) in [5.74, 6) is 0. The Bertz CT molecular complexity index is 553. The highest BCUT2D eigenvalue weighted by molar-refractivity contribution is 9.10. The van der Waals surface area contributed by atoms with Gasteiger partial charge in [-0.1, -0.05) is 29.3 Å². The molecule has 18 heavy (non-hydrogen) atoms. The van der Waals surface area contributed by atoms with Gasteiger partial charge in [0.15, 0.2) is 0 Å². The standard InChI is InChI=1S/C13H11BrCl2N2/c1-8-12(5-6-13(14)18-8)17-7-9-10(15)3-2-4-11(9)16/h2-6,17H,7H2,1H3. The van der Waals surface area contributed by atoms with Gasteiger partial charge in [-0.05, 0) is 47.1 Å². The number of aromatic nitrogens is 1. The van der Waals surface area contributed by atoms with Crippen LogP contribution < -0.4 is 5.32 Å². The number of aryl methyl sites for hydroxylation is 1. The summed E-state index contributed by atoms with van der Waals surface area (Å²) in [7, 11) is 0. The lowest BCUT2D eigenvalue weighted by atomic mass is 10.2. The van der Waals surface area contributed by atoms with E-state index in [1.807, 2.05) is 37.3 Å². The topological polar surface area (TPSA) is 24.9 Å². The summed E-state index contributed by atoms with van der Waals surface area (Å²) < 4.78 is 0.821. The zero-order valence-electron chi connectivity index (χ0n) is 9.67. The van der Waals surface area contributed by atoms with E-state index in [0.29, 0.717) is 16.6 Å². The van der Waals surface area contributed by atoms with E-state index >= 15 is 0 Å². The average Bonchev–Trinajstić information content (AvgIpc) is 2.31. The van der Waals surface area contributed by atoms with Crippen molar-refractivity contribution in [3.8, 4) is 0 Å². The van der Waals surface area contributed by atoms with E-state index < -0.39 is 0 Å². The summed E-state index contributed by atoms with van der Waals surface area (Å²) in [6.45, 7) is 2.52. The highest BCUT2D eigenvalue weighted by Gasteiger charge is 2.06. The van der Waals surface area contributed by atoms with Crippen LogP contribution in [0.15, 0.2) is 34.9 Å². The molecule has 0 aliphatic heterocycles. The number of hydrogen-bond donors (Lipinski definition) is 1. The van der Waals surface area contributed by atoms with Gasteiger partial charge in [0.25, 0.3) is 0 Å². The molecule has 2 nitrogen and oxygen atoms in total. The molecular formula is C13H11BrCl2N2. The minimum Gasteiger partial charge on any atom is -0.379 e. The summed E-state index contributed by atoms with van der Waals surface area (Å²) in [6.07, 6.45) is 0. The van der Waals surface area contributed by atoms with Crippen LogP contribution in [0.25, 0.3) is 0 Å². The number of hydrogen-bond acceptors (Lipinski definition) is 2. The van der Waals surface area contributed by atoms with Gasteiger partial charge in [0.1, 0.15) is 4.60 Å². The summed E-state index contributed by atoms with van der Waals surface area (Å²) in [5.41, 5.74) is 2.78. The predicted molar refractivity (Wildman–Crippen MR) is 80.5 cm³/mol. The molecule has 0 saturated heterocycles. The molecule has 0 amide bonds. The summed E-state index contributed by atoms with van der Waals surface area (Å²) in [5, 5.41) is 4.61. The Morgan fingerprint density at radius 2 is 1.83 bits per heavy atom. The Morgan fingerprint density at radius 3 is 2.44 bits per heavy atom. The van der Waals surface area contributed by atoms with Gasteiger partial charge in [0.2, 0.25) is 0 Å². The molecule has 0 spiro atoms. The first-order valence-corrected chi connectivity index (χ1v) is 6.92. The van der Waals surface area contributed by atoms with Crippen LogP contribution in [0.4, 0.5) is 5.69 Å². The van der Waals surface area contributed by atoms with E-state index in [2.05, 4.69) is 26.2 Å². The maximum absolute atomic E-state index is 6.11. The third kappa shape index (κ3) is 3.16. The second-order valence-corrected chi connectivity index (χ2v) is 5.45. The van der Waals surface area contributed by atoms with E-state index in [0.717, 1.165) is 21.5 Å². The molecule has 0 unspecified atom stereocenters. The number of anilines is 1. The van der Waals surface area contributed by atoms with Crippen LogP contribution in [-0.4, -0.2) is 4.98 Å². The fourth-order valence-corrected chi connectivity index (χ4v) is 2.53. The van der Waals surface area contributed by atoms with Crippen molar-refractivity contribution >= 4 is 44.8 Å². The van der Waals surface area contributed by atoms with Gasteiger partial charge in [-0.15, -0.1) is 0 Å². The molecule has 1 aromatic carbocycles. The SMILES string of the molecule is Cc1nc(Br)ccc1NCc1c(Cl)cccc1Cl. The fourth-order valence-electron chi connectivity index (χ4n) is 1.60. The Balaban J connectivity index is 2.16. The molecule has 2 rings (SSSR count). The summed E-state index contributed by atoms with van der Waals surface area (Å²) >= 11 is 15.6. The molecule has 0 bridgehead atoms. The number of benzene rings is 1. The maximum Gasteiger partial charge on any atom is 0.106 e. The number of pyridine rings is 1. The third-order valence-corrected chi connectivity index (χ3v) is 3.72. The Kier molecular flexibility index (Phi) is 4.49. The van der Waals surface area contributed by atoms with E-state index in [9.17, 15) is 0 Å². The van der Waals surface area contributed by atoms with Crippen LogP contribution in [0.5, 0.6) is 0 Å². The third-order valence-electron chi connectivity index (χ3n) is 2.57. The molecule has 1 N–H and O–H groups in total. The molecule has 94 valence electrons. The number of nitrogens with one attached hydrogen (secondary N) is 1. The lowest BCUT2D eigenvalue weighted by Gasteiger charge is -2.11. The first-order valence-electron chi connectivity index (χ1n) is 5.38. The molecule has 2 aromatic rings. The molecule has 1 heterocycles. The molecule has 0 radical (unpaired) electrons. The Hall–Kier alpha value is -0.770.